The van der Waals surface area contributed by atoms with Crippen molar-refractivity contribution in [2.24, 2.45) is 0 Å². The van der Waals surface area contributed by atoms with E-state index in [1.54, 1.807) is 0 Å². The molecule has 5 nitrogen and oxygen atoms in total. The fourth-order valence-corrected chi connectivity index (χ4v) is 1.36. The minimum absolute atomic E-state index is 0.260. The van der Waals surface area contributed by atoms with Gasteiger partial charge in [-0.15, -0.1) is 0 Å². The molecule has 1 unspecified atom stereocenters. The predicted octanol–water partition coefficient (Wildman–Crippen LogP) is 0.830. The van der Waals surface area contributed by atoms with Crippen LogP contribution < -0.4 is 0 Å². The summed E-state index contributed by atoms with van der Waals surface area (Å²) in [6.07, 6.45) is 2.80. The topological polar surface area (TPSA) is 87.5 Å². The fraction of sp³-hybridized carbons (Fsp3) is 0.250. The number of hydrogen-bond acceptors (Lipinski definition) is 3. The van der Waals surface area contributed by atoms with E-state index in [1.165, 1.54) is 31.5 Å². The van der Waals surface area contributed by atoms with Crippen LogP contribution in [0.1, 0.15) is 17.3 Å². The van der Waals surface area contributed by atoms with E-state index in [9.17, 15) is 9.36 Å². The number of hydrogen-bond donors (Lipinski definition) is 2. The van der Waals surface area contributed by atoms with Crippen molar-refractivity contribution in [2.45, 2.75) is 12.6 Å². The minimum Gasteiger partial charge on any atom is -0.324 e. The van der Waals surface area contributed by atoms with Gasteiger partial charge in [-0.1, -0.05) is 0 Å². The third-order valence-electron chi connectivity index (χ3n) is 1.85. The molecule has 1 rings (SSSR count). The molecule has 0 spiro atoms. The summed E-state index contributed by atoms with van der Waals surface area (Å²) in [7, 11) is -4.35. The zero-order valence-electron chi connectivity index (χ0n) is 7.49. The number of carbonyl (C=O) groups excluding carboxylic acids is 1. The smallest absolute Gasteiger partial charge is 0.324 e. The van der Waals surface area contributed by atoms with Crippen LogP contribution in [0.5, 0.6) is 0 Å². The molecule has 0 amide bonds. The number of aromatic nitrogens is 1. The van der Waals surface area contributed by atoms with E-state index in [1.807, 2.05) is 0 Å². The summed E-state index contributed by atoms with van der Waals surface area (Å²) in [5.74, 6) is -0.569. The Balaban J connectivity index is 2.93. The molecule has 1 aromatic rings. The highest BCUT2D eigenvalue weighted by atomic mass is 31.2. The van der Waals surface area contributed by atoms with Crippen LogP contribution in [0.3, 0.4) is 0 Å². The van der Waals surface area contributed by atoms with E-state index in [0.717, 1.165) is 0 Å². The van der Waals surface area contributed by atoms with Crippen molar-refractivity contribution in [1.29, 1.82) is 0 Å². The molecule has 0 aromatic carbocycles. The first-order valence-electron chi connectivity index (χ1n) is 3.92. The Kier molecular flexibility index (Phi) is 3.16. The average Bonchev–Trinajstić information content (AvgIpc) is 2.15. The average molecular weight is 215 g/mol. The second kappa shape index (κ2) is 4.00. The monoisotopic (exact) mass is 215 g/mol. The number of carbonyl (C=O) groups is 1. The number of ketones is 1. The van der Waals surface area contributed by atoms with Gasteiger partial charge in [-0.25, -0.2) is 0 Å². The molecule has 0 aliphatic heterocycles. The number of Topliss-reactive ketones (excluding diaryl/α,β-unsaturated/α-hetero) is 1. The molecule has 0 saturated heterocycles. The molecule has 2 N–H and O–H groups in total. The van der Waals surface area contributed by atoms with Gasteiger partial charge in [-0.05, 0) is 19.1 Å². The lowest BCUT2D eigenvalue weighted by molar-refractivity contribution is 0.0983. The molecule has 0 saturated carbocycles. The molecule has 1 heterocycles. The van der Waals surface area contributed by atoms with E-state index in [4.69, 9.17) is 9.79 Å². The van der Waals surface area contributed by atoms with Crippen LogP contribution in [-0.2, 0) is 4.57 Å². The molecular formula is C8H10NO4P. The Hall–Kier alpha value is -1.03. The number of rotatable bonds is 3. The maximum Gasteiger partial charge on any atom is 0.336 e. The normalized spacial score (nSPS) is 13.6. The molecule has 1 atom stereocenters. The molecule has 76 valence electrons. The van der Waals surface area contributed by atoms with Gasteiger partial charge in [-0.2, -0.15) is 0 Å². The van der Waals surface area contributed by atoms with Crippen LogP contribution in [0.2, 0.25) is 0 Å². The summed E-state index contributed by atoms with van der Waals surface area (Å²) in [5, 5.41) is 0. The molecular weight excluding hydrogens is 205 g/mol. The highest BCUT2D eigenvalue weighted by molar-refractivity contribution is 7.53. The second-order valence-electron chi connectivity index (χ2n) is 2.87. The van der Waals surface area contributed by atoms with Crippen LogP contribution >= 0.6 is 7.60 Å². The SMILES string of the molecule is CC(C(=O)c1ccncc1)P(=O)(O)O. The van der Waals surface area contributed by atoms with Gasteiger partial charge in [0.2, 0.25) is 0 Å². The summed E-state index contributed by atoms with van der Waals surface area (Å²) in [5.41, 5.74) is -1.04. The molecule has 0 radical (unpaired) electrons. The Morgan fingerprint density at radius 3 is 2.36 bits per heavy atom. The Morgan fingerprint density at radius 2 is 1.93 bits per heavy atom. The maximum atomic E-state index is 11.5. The lowest BCUT2D eigenvalue weighted by atomic mass is 10.1. The third kappa shape index (κ3) is 2.48. The highest BCUT2D eigenvalue weighted by Gasteiger charge is 2.31. The maximum absolute atomic E-state index is 11.5. The summed E-state index contributed by atoms with van der Waals surface area (Å²) in [6.45, 7) is 1.21. The van der Waals surface area contributed by atoms with E-state index >= 15 is 0 Å². The molecule has 1 aromatic heterocycles. The largest absolute Gasteiger partial charge is 0.336 e. The molecule has 14 heavy (non-hydrogen) atoms. The molecule has 0 bridgehead atoms. The Morgan fingerprint density at radius 1 is 1.43 bits per heavy atom. The molecule has 0 aliphatic rings. The van der Waals surface area contributed by atoms with E-state index in [0.29, 0.717) is 0 Å². The molecule has 0 aliphatic carbocycles. The zero-order valence-corrected chi connectivity index (χ0v) is 8.39. The van der Waals surface area contributed by atoms with Gasteiger partial charge < -0.3 is 9.79 Å². The summed E-state index contributed by atoms with van der Waals surface area (Å²) < 4.78 is 10.8. The van der Waals surface area contributed by atoms with Crippen molar-refractivity contribution in [3.05, 3.63) is 30.1 Å². The van der Waals surface area contributed by atoms with Gasteiger partial charge in [0, 0.05) is 18.0 Å². The van der Waals surface area contributed by atoms with Crippen molar-refractivity contribution in [2.75, 3.05) is 0 Å². The standard InChI is InChI=1S/C8H10NO4P/c1-6(14(11,12)13)8(10)7-2-4-9-5-3-7/h2-6H,1H3,(H2,11,12,13). The minimum atomic E-state index is -4.35. The first-order valence-corrected chi connectivity index (χ1v) is 5.60. The lowest BCUT2D eigenvalue weighted by Crippen LogP contribution is -2.17. The predicted molar refractivity (Wildman–Crippen MR) is 50.1 cm³/mol. The van der Waals surface area contributed by atoms with Crippen LogP contribution in [-0.4, -0.2) is 26.2 Å². The summed E-state index contributed by atoms with van der Waals surface area (Å²) >= 11 is 0. The van der Waals surface area contributed by atoms with Crippen LogP contribution in [0, 0.1) is 0 Å². The van der Waals surface area contributed by atoms with E-state index in [-0.39, 0.29) is 5.56 Å². The van der Waals surface area contributed by atoms with Crippen LogP contribution in [0.15, 0.2) is 24.5 Å². The van der Waals surface area contributed by atoms with Crippen LogP contribution in [0.25, 0.3) is 0 Å². The van der Waals surface area contributed by atoms with Crippen molar-refractivity contribution in [3.8, 4) is 0 Å². The van der Waals surface area contributed by atoms with Crippen molar-refractivity contribution >= 4 is 13.4 Å². The molecule has 6 heteroatoms. The quantitative estimate of drug-likeness (QED) is 0.576. The van der Waals surface area contributed by atoms with Crippen LogP contribution in [0.4, 0.5) is 0 Å². The van der Waals surface area contributed by atoms with Crippen molar-refractivity contribution < 1.29 is 19.1 Å². The van der Waals surface area contributed by atoms with Gasteiger partial charge in [0.05, 0.1) is 0 Å². The molecule has 0 fully saturated rings. The van der Waals surface area contributed by atoms with Gasteiger partial charge >= 0.3 is 7.60 Å². The second-order valence-corrected chi connectivity index (χ2v) is 4.82. The number of nitrogens with zero attached hydrogens (tertiary/aromatic N) is 1. The summed E-state index contributed by atoms with van der Waals surface area (Å²) in [6, 6.07) is 2.85. The van der Waals surface area contributed by atoms with E-state index < -0.39 is 19.0 Å². The third-order valence-corrected chi connectivity index (χ3v) is 3.09. The summed E-state index contributed by atoms with van der Waals surface area (Å²) in [4.78, 5) is 32.8. The van der Waals surface area contributed by atoms with Gasteiger partial charge in [-0.3, -0.25) is 14.3 Å². The van der Waals surface area contributed by atoms with E-state index in [2.05, 4.69) is 4.98 Å². The van der Waals surface area contributed by atoms with Gasteiger partial charge in [0.1, 0.15) is 5.66 Å². The number of pyridine rings is 1. The highest BCUT2D eigenvalue weighted by Crippen LogP contribution is 2.42. The van der Waals surface area contributed by atoms with Gasteiger partial charge in [0.15, 0.2) is 5.78 Å². The Bertz CT molecular complexity index is 372. The van der Waals surface area contributed by atoms with Crippen molar-refractivity contribution in [3.63, 3.8) is 0 Å². The lowest BCUT2D eigenvalue weighted by Gasteiger charge is -2.11. The first kappa shape index (κ1) is 11.0. The first-order chi connectivity index (χ1) is 6.43. The van der Waals surface area contributed by atoms with Gasteiger partial charge in [0.25, 0.3) is 0 Å². The Labute approximate surface area is 81.0 Å². The zero-order chi connectivity index (χ0) is 10.8. The van der Waals surface area contributed by atoms with Crippen molar-refractivity contribution in [1.82, 2.24) is 4.98 Å². The fourth-order valence-electron chi connectivity index (χ4n) is 0.910.